The molecule has 0 amide bonds. The van der Waals surface area contributed by atoms with Crippen molar-refractivity contribution in [2.75, 3.05) is 13.1 Å². The lowest BCUT2D eigenvalue weighted by atomic mass is 10.1. The summed E-state index contributed by atoms with van der Waals surface area (Å²) in [6.07, 6.45) is 7.79. The molecule has 0 bridgehead atoms. The van der Waals surface area contributed by atoms with Crippen molar-refractivity contribution in [2.45, 2.75) is 39.2 Å². The highest BCUT2D eigenvalue weighted by Gasteiger charge is 2.09. The summed E-state index contributed by atoms with van der Waals surface area (Å²) < 4.78 is 0. The van der Waals surface area contributed by atoms with Crippen LogP contribution in [-0.2, 0) is 0 Å². The van der Waals surface area contributed by atoms with Crippen molar-refractivity contribution < 1.29 is 0 Å². The number of hydrogen-bond donors (Lipinski definition) is 0. The molecule has 0 fully saturated rings. The summed E-state index contributed by atoms with van der Waals surface area (Å²) in [6, 6.07) is 0.649. The van der Waals surface area contributed by atoms with Gasteiger partial charge in [0, 0.05) is 19.1 Å². The predicted molar refractivity (Wildman–Crippen MR) is 61.0 cm³/mol. The van der Waals surface area contributed by atoms with Crippen LogP contribution in [0.2, 0.25) is 0 Å². The van der Waals surface area contributed by atoms with Crippen LogP contribution in [0.25, 0.3) is 0 Å². The van der Waals surface area contributed by atoms with E-state index in [9.17, 15) is 0 Å². The van der Waals surface area contributed by atoms with Crippen molar-refractivity contribution in [3.05, 3.63) is 25.3 Å². The molecule has 0 aromatic heterocycles. The fourth-order valence-electron chi connectivity index (χ4n) is 1.45. The topological polar surface area (TPSA) is 3.24 Å². The van der Waals surface area contributed by atoms with Crippen LogP contribution in [0.3, 0.4) is 0 Å². The highest BCUT2D eigenvalue weighted by Crippen LogP contribution is 2.07. The third-order valence-corrected chi connectivity index (χ3v) is 2.33. The molecule has 0 N–H and O–H groups in total. The first-order valence-electron chi connectivity index (χ1n) is 5.22. The molecule has 0 spiro atoms. The van der Waals surface area contributed by atoms with Crippen LogP contribution in [0, 0.1) is 0 Å². The van der Waals surface area contributed by atoms with Gasteiger partial charge >= 0.3 is 0 Å². The standard InChI is InChI=1S/C12H23N/c1-5-8-9-12(4)13(10-6-2)11-7-3/h6-7,12H,2-3,5,8-11H2,1,4H3. The Bertz CT molecular complexity index is 130. The first-order chi connectivity index (χ1) is 6.26. The Kier molecular flexibility index (Phi) is 7.71. The van der Waals surface area contributed by atoms with Gasteiger partial charge in [-0.25, -0.2) is 0 Å². The van der Waals surface area contributed by atoms with Crippen LogP contribution in [0.15, 0.2) is 25.3 Å². The largest absolute Gasteiger partial charge is 0.293 e. The Morgan fingerprint density at radius 1 is 1.23 bits per heavy atom. The first kappa shape index (κ1) is 12.4. The summed E-state index contributed by atoms with van der Waals surface area (Å²) in [5.41, 5.74) is 0. The molecule has 13 heavy (non-hydrogen) atoms. The summed E-state index contributed by atoms with van der Waals surface area (Å²) in [6.45, 7) is 14.0. The van der Waals surface area contributed by atoms with Gasteiger partial charge in [-0.2, -0.15) is 0 Å². The molecule has 0 rings (SSSR count). The molecule has 76 valence electrons. The molecule has 0 heterocycles. The van der Waals surface area contributed by atoms with Gasteiger partial charge in [-0.1, -0.05) is 31.9 Å². The van der Waals surface area contributed by atoms with Gasteiger partial charge in [-0.3, -0.25) is 4.90 Å². The highest BCUT2D eigenvalue weighted by molar-refractivity contribution is 4.82. The van der Waals surface area contributed by atoms with Crippen molar-refractivity contribution in [1.29, 1.82) is 0 Å². The van der Waals surface area contributed by atoms with Crippen LogP contribution < -0.4 is 0 Å². The third kappa shape index (κ3) is 5.64. The van der Waals surface area contributed by atoms with Crippen LogP contribution in [0.1, 0.15) is 33.1 Å². The number of nitrogens with zero attached hydrogens (tertiary/aromatic N) is 1. The summed E-state index contributed by atoms with van der Waals surface area (Å²) in [4.78, 5) is 2.40. The number of rotatable bonds is 8. The predicted octanol–water partition coefficient (Wildman–Crippen LogP) is 3.24. The number of unbranched alkanes of at least 4 members (excludes halogenated alkanes) is 1. The molecule has 0 aliphatic heterocycles. The van der Waals surface area contributed by atoms with Crippen LogP contribution in [0.4, 0.5) is 0 Å². The maximum absolute atomic E-state index is 3.77. The van der Waals surface area contributed by atoms with Crippen molar-refractivity contribution >= 4 is 0 Å². The van der Waals surface area contributed by atoms with Gasteiger partial charge < -0.3 is 0 Å². The second kappa shape index (κ2) is 8.06. The lowest BCUT2D eigenvalue weighted by Gasteiger charge is -2.26. The minimum Gasteiger partial charge on any atom is -0.293 e. The van der Waals surface area contributed by atoms with E-state index < -0.39 is 0 Å². The zero-order valence-corrected chi connectivity index (χ0v) is 9.13. The van der Waals surface area contributed by atoms with Crippen molar-refractivity contribution in [2.24, 2.45) is 0 Å². The molecule has 1 atom stereocenters. The third-order valence-electron chi connectivity index (χ3n) is 2.33. The average Bonchev–Trinajstić information content (AvgIpc) is 2.14. The fourth-order valence-corrected chi connectivity index (χ4v) is 1.45. The summed E-state index contributed by atoms with van der Waals surface area (Å²) in [7, 11) is 0. The van der Waals surface area contributed by atoms with Gasteiger partial charge in [0.25, 0.3) is 0 Å². The molecule has 0 aliphatic carbocycles. The Labute approximate surface area is 83.1 Å². The maximum Gasteiger partial charge on any atom is 0.0166 e. The smallest absolute Gasteiger partial charge is 0.0166 e. The molecule has 0 aromatic carbocycles. The van der Waals surface area contributed by atoms with Crippen LogP contribution >= 0.6 is 0 Å². The quantitative estimate of drug-likeness (QED) is 0.520. The normalized spacial score (nSPS) is 12.8. The molecular formula is C12H23N. The zero-order chi connectivity index (χ0) is 10.1. The molecular weight excluding hydrogens is 158 g/mol. The zero-order valence-electron chi connectivity index (χ0n) is 9.13. The van der Waals surface area contributed by atoms with E-state index in [0.29, 0.717) is 6.04 Å². The minimum atomic E-state index is 0.649. The van der Waals surface area contributed by atoms with E-state index in [2.05, 4.69) is 31.9 Å². The highest BCUT2D eigenvalue weighted by atomic mass is 15.1. The second-order valence-corrected chi connectivity index (χ2v) is 3.52. The minimum absolute atomic E-state index is 0.649. The fraction of sp³-hybridized carbons (Fsp3) is 0.667. The van der Waals surface area contributed by atoms with Crippen molar-refractivity contribution in [1.82, 2.24) is 4.90 Å². The van der Waals surface area contributed by atoms with E-state index in [-0.39, 0.29) is 0 Å². The molecule has 0 saturated carbocycles. The van der Waals surface area contributed by atoms with E-state index in [1.54, 1.807) is 0 Å². The van der Waals surface area contributed by atoms with Gasteiger partial charge in [0.05, 0.1) is 0 Å². The molecule has 0 aromatic rings. The lowest BCUT2D eigenvalue weighted by molar-refractivity contribution is 0.241. The average molecular weight is 181 g/mol. The monoisotopic (exact) mass is 181 g/mol. The maximum atomic E-state index is 3.77. The first-order valence-corrected chi connectivity index (χ1v) is 5.22. The SMILES string of the molecule is C=CCN(CC=C)C(C)CCCC. The molecule has 0 radical (unpaired) electrons. The number of hydrogen-bond acceptors (Lipinski definition) is 1. The van der Waals surface area contributed by atoms with E-state index in [1.165, 1.54) is 19.3 Å². The Hall–Kier alpha value is -0.560. The Morgan fingerprint density at radius 3 is 2.15 bits per heavy atom. The van der Waals surface area contributed by atoms with Gasteiger partial charge in [0.1, 0.15) is 0 Å². The summed E-state index contributed by atoms with van der Waals surface area (Å²) in [5.74, 6) is 0. The second-order valence-electron chi connectivity index (χ2n) is 3.52. The summed E-state index contributed by atoms with van der Waals surface area (Å²) in [5, 5.41) is 0. The van der Waals surface area contributed by atoms with Gasteiger partial charge in [-0.15, -0.1) is 13.2 Å². The van der Waals surface area contributed by atoms with E-state index in [1.807, 2.05) is 12.2 Å². The molecule has 0 aliphatic rings. The summed E-state index contributed by atoms with van der Waals surface area (Å²) >= 11 is 0. The lowest BCUT2D eigenvalue weighted by Crippen LogP contribution is -2.33. The van der Waals surface area contributed by atoms with Crippen molar-refractivity contribution in [3.63, 3.8) is 0 Å². The Balaban J connectivity index is 3.85. The van der Waals surface area contributed by atoms with Crippen molar-refractivity contribution in [3.8, 4) is 0 Å². The van der Waals surface area contributed by atoms with Gasteiger partial charge in [0.15, 0.2) is 0 Å². The molecule has 1 heteroatoms. The van der Waals surface area contributed by atoms with Crippen LogP contribution in [0.5, 0.6) is 0 Å². The van der Waals surface area contributed by atoms with Gasteiger partial charge in [0.2, 0.25) is 0 Å². The molecule has 1 unspecified atom stereocenters. The molecule has 1 nitrogen and oxygen atoms in total. The van der Waals surface area contributed by atoms with E-state index >= 15 is 0 Å². The van der Waals surface area contributed by atoms with Gasteiger partial charge in [-0.05, 0) is 13.3 Å². The molecule has 0 saturated heterocycles. The van der Waals surface area contributed by atoms with E-state index in [4.69, 9.17) is 0 Å². The van der Waals surface area contributed by atoms with E-state index in [0.717, 1.165) is 13.1 Å². The Morgan fingerprint density at radius 2 is 1.77 bits per heavy atom. The van der Waals surface area contributed by atoms with Crippen LogP contribution in [-0.4, -0.2) is 24.0 Å².